The lowest BCUT2D eigenvalue weighted by atomic mass is 9.96. The zero-order valence-electron chi connectivity index (χ0n) is 15.4. The Balaban J connectivity index is 1.21. The van der Waals surface area contributed by atoms with E-state index in [9.17, 15) is 4.79 Å². The number of anilines is 1. The maximum absolute atomic E-state index is 12.3. The minimum absolute atomic E-state index is 0.0468. The number of amides is 1. The fraction of sp³-hybridized carbons (Fsp3) is 0.444. The molecule has 3 heterocycles. The van der Waals surface area contributed by atoms with Gasteiger partial charge in [-0.05, 0) is 61.5 Å². The van der Waals surface area contributed by atoms with E-state index in [2.05, 4.69) is 35.9 Å². The Morgan fingerprint density at radius 3 is 2.75 bits per heavy atom. The first-order valence-corrected chi connectivity index (χ1v) is 10.3. The van der Waals surface area contributed by atoms with Crippen LogP contribution in [0.4, 0.5) is 5.13 Å². The van der Waals surface area contributed by atoms with Crippen molar-refractivity contribution in [2.45, 2.75) is 25.7 Å². The highest BCUT2D eigenvalue weighted by Gasteiger charge is 2.25. The highest BCUT2D eigenvalue weighted by atomic mass is 32.1. The Labute approximate surface area is 166 Å². The topological polar surface area (TPSA) is 102 Å². The number of piperidine rings is 1. The molecule has 1 amide bonds. The van der Waals surface area contributed by atoms with E-state index in [1.165, 1.54) is 11.3 Å². The molecule has 1 aromatic carbocycles. The van der Waals surface area contributed by atoms with Crippen molar-refractivity contribution in [3.8, 4) is 5.69 Å². The molecule has 1 saturated heterocycles. The molecule has 0 radical (unpaired) electrons. The molecular weight excluding hydrogens is 376 g/mol. The molecule has 9 nitrogen and oxygen atoms in total. The Morgan fingerprint density at radius 2 is 2.00 bits per heavy atom. The maximum atomic E-state index is 12.3. The van der Waals surface area contributed by atoms with Gasteiger partial charge in [-0.1, -0.05) is 29.5 Å². The smallest absolute Gasteiger partial charge is 0.229 e. The maximum Gasteiger partial charge on any atom is 0.229 e. The second-order valence-corrected chi connectivity index (χ2v) is 7.63. The van der Waals surface area contributed by atoms with Gasteiger partial charge in [0.2, 0.25) is 11.0 Å². The Hall–Kier alpha value is -2.72. The lowest BCUT2D eigenvalue weighted by Gasteiger charge is -2.30. The number of tetrazole rings is 1. The van der Waals surface area contributed by atoms with E-state index >= 15 is 0 Å². The summed E-state index contributed by atoms with van der Waals surface area (Å²) in [6.07, 6.45) is 3.53. The molecule has 1 aliphatic rings. The van der Waals surface area contributed by atoms with Gasteiger partial charge in [-0.2, -0.15) is 4.68 Å². The van der Waals surface area contributed by atoms with Crippen LogP contribution in [0.25, 0.3) is 5.69 Å². The summed E-state index contributed by atoms with van der Waals surface area (Å²) in [5, 5.41) is 23.1. The fourth-order valence-electron chi connectivity index (χ4n) is 3.45. The van der Waals surface area contributed by atoms with Gasteiger partial charge in [-0.3, -0.25) is 4.79 Å². The zero-order chi connectivity index (χ0) is 19.2. The van der Waals surface area contributed by atoms with Crippen molar-refractivity contribution in [2.24, 2.45) is 5.92 Å². The zero-order valence-corrected chi connectivity index (χ0v) is 16.3. The van der Waals surface area contributed by atoms with Crippen LogP contribution in [0.3, 0.4) is 0 Å². The Bertz CT molecular complexity index is 874. The van der Waals surface area contributed by atoms with E-state index in [-0.39, 0.29) is 11.8 Å². The quantitative estimate of drug-likeness (QED) is 0.647. The molecule has 1 N–H and O–H groups in total. The molecule has 2 aromatic heterocycles. The molecule has 0 spiro atoms. The largest absolute Gasteiger partial charge is 0.303 e. The van der Waals surface area contributed by atoms with Crippen molar-refractivity contribution in [3.63, 3.8) is 0 Å². The third-order valence-electron chi connectivity index (χ3n) is 4.96. The second kappa shape index (κ2) is 8.98. The van der Waals surface area contributed by atoms with Gasteiger partial charge in [0, 0.05) is 12.3 Å². The Kier molecular flexibility index (Phi) is 5.98. The number of nitrogens with one attached hydrogen (secondary N) is 1. The number of aryl methyl sites for hydroxylation is 1. The number of aromatic nitrogens is 6. The molecule has 0 aliphatic carbocycles. The highest BCUT2D eigenvalue weighted by molar-refractivity contribution is 7.13. The van der Waals surface area contributed by atoms with E-state index in [1.54, 1.807) is 10.2 Å². The highest BCUT2D eigenvalue weighted by Crippen LogP contribution is 2.20. The van der Waals surface area contributed by atoms with Gasteiger partial charge < -0.3 is 10.2 Å². The molecule has 3 aromatic rings. The third kappa shape index (κ3) is 4.57. The fourth-order valence-corrected chi connectivity index (χ4v) is 3.89. The van der Waals surface area contributed by atoms with Gasteiger partial charge in [-0.25, -0.2) is 0 Å². The van der Waals surface area contributed by atoms with Crippen molar-refractivity contribution in [3.05, 3.63) is 41.7 Å². The number of carbonyl (C=O) groups excluding carboxylic acids is 1. The lowest BCUT2D eigenvalue weighted by molar-refractivity contribution is -0.121. The summed E-state index contributed by atoms with van der Waals surface area (Å²) in [6, 6.07) is 9.93. The van der Waals surface area contributed by atoms with Crippen molar-refractivity contribution in [1.29, 1.82) is 0 Å². The van der Waals surface area contributed by atoms with Gasteiger partial charge in [-0.15, -0.1) is 15.3 Å². The summed E-state index contributed by atoms with van der Waals surface area (Å²) < 4.78 is 1.80. The van der Waals surface area contributed by atoms with Crippen LogP contribution in [0.5, 0.6) is 0 Å². The first-order chi connectivity index (χ1) is 13.8. The molecule has 0 unspecified atom stereocenters. The van der Waals surface area contributed by atoms with Gasteiger partial charge in [0.15, 0.2) is 5.82 Å². The van der Waals surface area contributed by atoms with Crippen LogP contribution in [0.2, 0.25) is 0 Å². The van der Waals surface area contributed by atoms with E-state index in [0.29, 0.717) is 5.13 Å². The third-order valence-corrected chi connectivity index (χ3v) is 5.56. The van der Waals surface area contributed by atoms with Crippen LogP contribution in [0.1, 0.15) is 25.1 Å². The average Bonchev–Trinajstić information content (AvgIpc) is 3.41. The minimum Gasteiger partial charge on any atom is -0.303 e. The predicted molar refractivity (Wildman–Crippen MR) is 105 cm³/mol. The van der Waals surface area contributed by atoms with E-state index in [0.717, 1.165) is 56.8 Å². The van der Waals surface area contributed by atoms with Crippen LogP contribution < -0.4 is 5.32 Å². The summed E-state index contributed by atoms with van der Waals surface area (Å²) in [5.41, 5.74) is 2.59. The molecule has 0 atom stereocenters. The van der Waals surface area contributed by atoms with Crippen LogP contribution in [0.15, 0.2) is 35.8 Å². The molecule has 28 heavy (non-hydrogen) atoms. The number of nitrogens with zero attached hydrogens (tertiary/aromatic N) is 7. The molecule has 1 fully saturated rings. The molecule has 146 valence electrons. The lowest BCUT2D eigenvalue weighted by Crippen LogP contribution is -2.38. The van der Waals surface area contributed by atoms with Gasteiger partial charge in [0.25, 0.3) is 0 Å². The SMILES string of the molecule is O=C(Nc1nncs1)C1CCN(CCCc2nnnn2-c2ccccc2)CC1. The van der Waals surface area contributed by atoms with Gasteiger partial charge >= 0.3 is 0 Å². The number of carbonyl (C=O) groups is 1. The number of benzene rings is 1. The summed E-state index contributed by atoms with van der Waals surface area (Å²) >= 11 is 1.34. The number of rotatable bonds is 7. The van der Waals surface area contributed by atoms with Gasteiger partial charge in [0.1, 0.15) is 5.51 Å². The average molecular weight is 398 g/mol. The van der Waals surface area contributed by atoms with Crippen molar-refractivity contribution in [1.82, 2.24) is 35.3 Å². The minimum atomic E-state index is 0.0468. The van der Waals surface area contributed by atoms with Crippen LogP contribution in [0, 0.1) is 5.92 Å². The van der Waals surface area contributed by atoms with Crippen LogP contribution in [-0.2, 0) is 11.2 Å². The predicted octanol–water partition coefficient (Wildman–Crippen LogP) is 1.80. The molecule has 10 heteroatoms. The number of para-hydroxylation sites is 1. The van der Waals surface area contributed by atoms with Crippen molar-refractivity contribution >= 4 is 22.4 Å². The van der Waals surface area contributed by atoms with E-state index in [4.69, 9.17) is 0 Å². The summed E-state index contributed by atoms with van der Waals surface area (Å²) in [4.78, 5) is 14.7. The first kappa shape index (κ1) is 18.6. The Morgan fingerprint density at radius 1 is 1.18 bits per heavy atom. The number of hydrogen-bond acceptors (Lipinski definition) is 8. The van der Waals surface area contributed by atoms with E-state index < -0.39 is 0 Å². The van der Waals surface area contributed by atoms with Crippen LogP contribution >= 0.6 is 11.3 Å². The summed E-state index contributed by atoms with van der Waals surface area (Å²) in [7, 11) is 0. The van der Waals surface area contributed by atoms with E-state index in [1.807, 2.05) is 30.3 Å². The summed E-state index contributed by atoms with van der Waals surface area (Å²) in [6.45, 7) is 2.84. The standard InChI is InChI=1S/C18H22N8OS/c27-17(20-18-22-19-13-28-18)14-8-11-25(12-9-14)10-4-7-16-21-23-24-26(16)15-5-2-1-3-6-15/h1-3,5-6,13-14H,4,7-12H2,(H,20,22,27). The number of likely N-dealkylation sites (tertiary alicyclic amines) is 1. The first-order valence-electron chi connectivity index (χ1n) is 9.41. The normalized spacial score (nSPS) is 15.6. The number of hydrogen-bond donors (Lipinski definition) is 1. The second-order valence-electron chi connectivity index (χ2n) is 6.80. The molecule has 1 aliphatic heterocycles. The monoisotopic (exact) mass is 398 g/mol. The molecule has 0 bridgehead atoms. The summed E-state index contributed by atoms with van der Waals surface area (Å²) in [5.74, 6) is 0.974. The van der Waals surface area contributed by atoms with Gasteiger partial charge in [0.05, 0.1) is 5.69 Å². The van der Waals surface area contributed by atoms with Crippen molar-refractivity contribution < 1.29 is 4.79 Å². The van der Waals surface area contributed by atoms with Crippen LogP contribution in [-0.4, -0.2) is 60.8 Å². The molecular formula is C18H22N8OS. The van der Waals surface area contributed by atoms with Crippen molar-refractivity contribution in [2.75, 3.05) is 25.0 Å². The molecule has 4 rings (SSSR count). The molecule has 0 saturated carbocycles.